The molecule has 0 aromatic heterocycles. The van der Waals surface area contributed by atoms with Crippen molar-refractivity contribution in [3.8, 4) is 0 Å². The van der Waals surface area contributed by atoms with Crippen LogP contribution < -0.4 is 9.80 Å². The van der Waals surface area contributed by atoms with E-state index in [2.05, 4.69) is 0 Å². The van der Waals surface area contributed by atoms with Crippen molar-refractivity contribution in [2.24, 2.45) is 5.92 Å². The normalized spacial score (nSPS) is 23.1. The Morgan fingerprint density at radius 1 is 1.17 bits per heavy atom. The molecule has 2 aromatic carbocycles. The van der Waals surface area contributed by atoms with E-state index < -0.39 is 22.3 Å². The Labute approximate surface area is 237 Å². The highest BCUT2D eigenvalue weighted by molar-refractivity contribution is 6.07. The van der Waals surface area contributed by atoms with Gasteiger partial charge < -0.3 is 24.9 Å². The highest BCUT2D eigenvalue weighted by atomic mass is 16.6. The number of fused-ring (bicyclic) bond motifs is 1. The van der Waals surface area contributed by atoms with Crippen LogP contribution in [0, 0.1) is 16.0 Å². The molecule has 0 aliphatic carbocycles. The van der Waals surface area contributed by atoms with E-state index >= 15 is 0 Å². The van der Waals surface area contributed by atoms with Gasteiger partial charge in [-0.1, -0.05) is 31.2 Å². The van der Waals surface area contributed by atoms with E-state index in [4.69, 9.17) is 0 Å². The van der Waals surface area contributed by atoms with E-state index in [1.165, 1.54) is 23.1 Å². The van der Waals surface area contributed by atoms with Gasteiger partial charge in [0.2, 0.25) is 11.8 Å². The Kier molecular flexibility index (Phi) is 7.92. The summed E-state index contributed by atoms with van der Waals surface area (Å²) in [7, 11) is 0. The van der Waals surface area contributed by atoms with Crippen LogP contribution >= 0.6 is 0 Å². The SMILES string of the molecule is C[C@@H](/C=C/CC(=O)N1CCC[C@H]1CO)[C@]1(O)C(=O)N(Cc2ccc(N3CCCC3=O)cc2)c2ccc([N+](=O)[O-])cc21. The number of nitrogens with zero attached hydrogens (tertiary/aromatic N) is 4. The van der Waals surface area contributed by atoms with Crippen molar-refractivity contribution in [3.63, 3.8) is 0 Å². The number of hydrogen-bond donors (Lipinski definition) is 2. The summed E-state index contributed by atoms with van der Waals surface area (Å²) in [5.41, 5.74) is -0.263. The smallest absolute Gasteiger partial charge is 0.269 e. The third-order valence-electron chi connectivity index (χ3n) is 8.41. The molecule has 216 valence electrons. The molecule has 0 spiro atoms. The molecule has 3 aliphatic rings. The molecule has 0 bridgehead atoms. The van der Waals surface area contributed by atoms with Crippen molar-refractivity contribution in [1.82, 2.24) is 4.90 Å². The third kappa shape index (κ3) is 5.22. The van der Waals surface area contributed by atoms with Crippen molar-refractivity contribution in [3.05, 3.63) is 75.9 Å². The van der Waals surface area contributed by atoms with Gasteiger partial charge in [0.05, 0.1) is 29.8 Å². The highest BCUT2D eigenvalue weighted by Crippen LogP contribution is 2.47. The Morgan fingerprint density at radius 3 is 2.59 bits per heavy atom. The number of aliphatic hydroxyl groups is 2. The first-order valence-electron chi connectivity index (χ1n) is 13.9. The second-order valence-corrected chi connectivity index (χ2v) is 10.9. The summed E-state index contributed by atoms with van der Waals surface area (Å²) in [6.45, 7) is 2.91. The molecule has 5 rings (SSSR count). The fourth-order valence-corrected chi connectivity index (χ4v) is 6.07. The van der Waals surface area contributed by atoms with Crippen molar-refractivity contribution in [2.75, 3.05) is 29.5 Å². The zero-order valence-corrected chi connectivity index (χ0v) is 22.9. The van der Waals surface area contributed by atoms with Crippen LogP contribution in [0.1, 0.15) is 50.2 Å². The van der Waals surface area contributed by atoms with Crippen LogP contribution in [0.4, 0.5) is 17.1 Å². The van der Waals surface area contributed by atoms with Crippen molar-refractivity contribution < 1.29 is 29.5 Å². The molecule has 3 atom stereocenters. The molecule has 2 saturated heterocycles. The fourth-order valence-electron chi connectivity index (χ4n) is 6.07. The molecule has 11 heteroatoms. The Bertz CT molecular complexity index is 1390. The van der Waals surface area contributed by atoms with Crippen LogP contribution in [-0.2, 0) is 26.5 Å². The lowest BCUT2D eigenvalue weighted by atomic mass is 9.82. The van der Waals surface area contributed by atoms with Gasteiger partial charge in [0.1, 0.15) is 0 Å². The van der Waals surface area contributed by atoms with Crippen LogP contribution in [-0.4, -0.2) is 63.5 Å². The standard InChI is InChI=1S/C30H34N4O7/c1-20(5-2-7-27(36)32-15-3-6-24(32)19-35)30(39)25-17-23(34(40)41)13-14-26(25)33(29(30)38)18-21-9-11-22(12-10-21)31-16-4-8-28(31)37/h2,5,9-14,17,20,24,35,39H,3-4,6-8,15-16,18-19H2,1H3/b5-2+/t20-,24-,30+/m0/s1. The first-order chi connectivity index (χ1) is 19.6. The molecular weight excluding hydrogens is 528 g/mol. The molecule has 2 aromatic rings. The van der Waals surface area contributed by atoms with Crippen molar-refractivity contribution in [1.29, 1.82) is 0 Å². The minimum absolute atomic E-state index is 0.0441. The van der Waals surface area contributed by atoms with Crippen LogP contribution in [0.25, 0.3) is 0 Å². The van der Waals surface area contributed by atoms with Crippen molar-refractivity contribution in [2.45, 2.75) is 57.2 Å². The molecule has 3 heterocycles. The van der Waals surface area contributed by atoms with Gasteiger partial charge in [0, 0.05) is 55.2 Å². The van der Waals surface area contributed by atoms with E-state index in [1.54, 1.807) is 28.9 Å². The van der Waals surface area contributed by atoms with Crippen LogP contribution in [0.15, 0.2) is 54.6 Å². The first-order valence-corrected chi connectivity index (χ1v) is 13.9. The number of benzene rings is 2. The molecule has 11 nitrogen and oxygen atoms in total. The molecular formula is C30H34N4O7. The molecule has 3 aliphatic heterocycles. The average Bonchev–Trinajstić information content (AvgIpc) is 3.68. The monoisotopic (exact) mass is 562 g/mol. The zero-order chi connectivity index (χ0) is 29.3. The van der Waals surface area contributed by atoms with Gasteiger partial charge in [-0.2, -0.15) is 0 Å². The minimum atomic E-state index is -2.08. The van der Waals surface area contributed by atoms with Crippen LogP contribution in [0.5, 0.6) is 0 Å². The maximum absolute atomic E-state index is 13.8. The van der Waals surface area contributed by atoms with Gasteiger partial charge in [-0.3, -0.25) is 24.5 Å². The highest BCUT2D eigenvalue weighted by Gasteiger charge is 2.53. The van der Waals surface area contributed by atoms with Gasteiger partial charge >= 0.3 is 0 Å². The lowest BCUT2D eigenvalue weighted by Crippen LogP contribution is -2.44. The first kappa shape index (κ1) is 28.4. The minimum Gasteiger partial charge on any atom is -0.394 e. The predicted molar refractivity (Wildman–Crippen MR) is 151 cm³/mol. The molecule has 2 fully saturated rings. The lowest BCUT2D eigenvalue weighted by Gasteiger charge is -2.28. The zero-order valence-electron chi connectivity index (χ0n) is 22.9. The quantitative estimate of drug-likeness (QED) is 0.272. The van der Waals surface area contributed by atoms with E-state index in [9.17, 15) is 34.7 Å². The Morgan fingerprint density at radius 2 is 1.93 bits per heavy atom. The van der Waals surface area contributed by atoms with Gasteiger partial charge in [-0.05, 0) is 43.0 Å². The van der Waals surface area contributed by atoms with Gasteiger partial charge in [0.25, 0.3) is 11.6 Å². The summed E-state index contributed by atoms with van der Waals surface area (Å²) in [6, 6.07) is 11.1. The fraction of sp³-hybridized carbons (Fsp3) is 0.433. The summed E-state index contributed by atoms with van der Waals surface area (Å²) in [5, 5.41) is 32.9. The lowest BCUT2D eigenvalue weighted by molar-refractivity contribution is -0.385. The second kappa shape index (κ2) is 11.4. The molecule has 0 unspecified atom stereocenters. The third-order valence-corrected chi connectivity index (χ3v) is 8.41. The molecule has 2 N–H and O–H groups in total. The van der Waals surface area contributed by atoms with Crippen LogP contribution in [0.2, 0.25) is 0 Å². The van der Waals surface area contributed by atoms with Gasteiger partial charge in [-0.15, -0.1) is 0 Å². The largest absolute Gasteiger partial charge is 0.394 e. The summed E-state index contributed by atoms with van der Waals surface area (Å²) < 4.78 is 0. The van der Waals surface area contributed by atoms with E-state index in [0.717, 1.165) is 30.5 Å². The summed E-state index contributed by atoms with van der Waals surface area (Å²) >= 11 is 0. The average molecular weight is 563 g/mol. The Balaban J connectivity index is 1.38. The predicted octanol–water partition coefficient (Wildman–Crippen LogP) is 3.02. The molecule has 3 amide bonds. The second-order valence-electron chi connectivity index (χ2n) is 10.9. The number of anilines is 2. The molecule has 0 radical (unpaired) electrons. The number of carbonyl (C=O) groups is 3. The maximum atomic E-state index is 13.8. The Hall–Kier alpha value is -4.09. The number of aliphatic hydroxyl groups excluding tert-OH is 1. The van der Waals surface area contributed by atoms with Gasteiger partial charge in [0.15, 0.2) is 5.60 Å². The number of likely N-dealkylation sites (tertiary alicyclic amines) is 1. The number of non-ortho nitro benzene ring substituents is 1. The summed E-state index contributed by atoms with van der Waals surface area (Å²) in [4.78, 5) is 54.4. The van der Waals surface area contributed by atoms with E-state index in [0.29, 0.717) is 25.2 Å². The topological polar surface area (TPSA) is 145 Å². The van der Waals surface area contributed by atoms with Crippen molar-refractivity contribution >= 4 is 34.8 Å². The summed E-state index contributed by atoms with van der Waals surface area (Å²) in [6.07, 6.45) is 6.15. The molecule has 0 saturated carbocycles. The van der Waals surface area contributed by atoms with Crippen LogP contribution in [0.3, 0.4) is 0 Å². The summed E-state index contributed by atoms with van der Waals surface area (Å²) in [5.74, 6) is -1.49. The number of rotatable bonds is 9. The number of nitro benzene ring substituents is 1. The van der Waals surface area contributed by atoms with E-state index in [-0.39, 0.29) is 48.7 Å². The molecule has 41 heavy (non-hydrogen) atoms. The number of carbonyl (C=O) groups excluding carboxylic acids is 3. The number of nitro groups is 1. The van der Waals surface area contributed by atoms with Gasteiger partial charge in [-0.25, -0.2) is 0 Å². The number of hydrogen-bond acceptors (Lipinski definition) is 7. The van der Waals surface area contributed by atoms with E-state index in [1.807, 2.05) is 24.3 Å². The maximum Gasteiger partial charge on any atom is 0.269 e. The number of amides is 3.